The second kappa shape index (κ2) is 20.1. The number of guanidine groups is 1. The molecule has 0 bridgehead atoms. The number of aromatic nitrogens is 4. The van der Waals surface area contributed by atoms with Gasteiger partial charge in [-0.15, -0.1) is 0 Å². The highest BCUT2D eigenvalue weighted by molar-refractivity contribution is 5.89. The summed E-state index contributed by atoms with van der Waals surface area (Å²) in [6.07, 6.45) is 9.14. The van der Waals surface area contributed by atoms with E-state index in [0.29, 0.717) is 19.0 Å². The number of rotatable bonds is 11. The molecule has 8 rings (SSSR count). The molecule has 2 saturated heterocycles. The molecule has 59 heavy (non-hydrogen) atoms. The van der Waals surface area contributed by atoms with Gasteiger partial charge >= 0.3 is 0 Å². The fraction of sp³-hybridized carbons (Fsp3) is 0.413. The highest BCUT2D eigenvalue weighted by Gasteiger charge is 2.31. The minimum absolute atomic E-state index is 0.0564. The SMILES string of the molecule is Cc1ccccc1-c1cc(C2CCNCC2)[nH]n1.NC(N)=N[C@@H](C(=O)NCC(=O)N1CCC(c2cc(-c3ccccc3Oc3ccccc3)n[nH]2)CC1)C1CCCCC1. The van der Waals surface area contributed by atoms with Crippen LogP contribution in [-0.4, -0.2) is 81.8 Å². The monoisotopic (exact) mass is 798 g/mol. The number of hydrogen-bond donors (Lipinski definition) is 6. The van der Waals surface area contributed by atoms with Gasteiger partial charge in [0.2, 0.25) is 11.8 Å². The number of H-pyrrole nitrogens is 2. The number of aliphatic imine (C=N–C) groups is 1. The van der Waals surface area contributed by atoms with Crippen molar-refractivity contribution in [1.29, 1.82) is 0 Å². The van der Waals surface area contributed by atoms with Gasteiger partial charge in [-0.3, -0.25) is 19.8 Å². The van der Waals surface area contributed by atoms with Crippen LogP contribution in [0.4, 0.5) is 0 Å². The Labute approximate surface area is 346 Å². The Hall–Kier alpha value is -5.95. The van der Waals surface area contributed by atoms with Gasteiger partial charge in [0.05, 0.1) is 17.9 Å². The molecule has 5 aromatic rings. The number of aryl methyl sites for hydroxylation is 1. The standard InChI is InChI=1S/C31H39N7O3.C15H19N3/c32-31(33)35-29(22-9-3-1-4-10-22)30(40)34-20-28(39)38-17-15-21(16-18-38)25-19-26(37-36-25)24-13-7-8-14-27(24)41-23-11-5-2-6-12-23;1-11-4-2-3-5-13(11)15-10-14(17-18-15)12-6-8-16-9-7-12/h2,5-8,11-14,19,21-22,29H,1,3-4,9-10,15-18,20H2,(H,34,40)(H,36,37)(H4,32,33,35);2-5,10,12,16H,6-9H2,1H3,(H,17,18)/t29-;/m1./s1. The van der Waals surface area contributed by atoms with Gasteiger partial charge in [0.25, 0.3) is 0 Å². The number of nitrogens with zero attached hydrogens (tertiary/aromatic N) is 4. The van der Waals surface area contributed by atoms with E-state index in [0.717, 1.165) is 92.2 Å². The van der Waals surface area contributed by atoms with Crippen molar-refractivity contribution in [1.82, 2.24) is 35.9 Å². The van der Waals surface area contributed by atoms with Crippen molar-refractivity contribution in [3.8, 4) is 34.0 Å². The Balaban J connectivity index is 0.000000243. The Bertz CT molecular complexity index is 2140. The Morgan fingerprint density at radius 1 is 0.780 bits per heavy atom. The van der Waals surface area contributed by atoms with Crippen LogP contribution in [0.15, 0.2) is 96.0 Å². The summed E-state index contributed by atoms with van der Waals surface area (Å²) in [6.45, 7) is 5.53. The van der Waals surface area contributed by atoms with E-state index in [9.17, 15) is 9.59 Å². The summed E-state index contributed by atoms with van der Waals surface area (Å²) in [7, 11) is 0. The highest BCUT2D eigenvalue weighted by Crippen LogP contribution is 2.35. The first-order chi connectivity index (χ1) is 28.8. The van der Waals surface area contributed by atoms with Gasteiger partial charge < -0.3 is 31.7 Å². The zero-order valence-corrected chi connectivity index (χ0v) is 34.0. The summed E-state index contributed by atoms with van der Waals surface area (Å²) in [5.74, 6) is 2.03. The van der Waals surface area contributed by atoms with Crippen molar-refractivity contribution in [2.45, 2.75) is 82.6 Å². The molecule has 1 aliphatic carbocycles. The Morgan fingerprint density at radius 3 is 2.03 bits per heavy atom. The maximum Gasteiger partial charge on any atom is 0.245 e. The van der Waals surface area contributed by atoms with Crippen molar-refractivity contribution in [2.24, 2.45) is 22.4 Å². The molecule has 3 aliphatic rings. The summed E-state index contributed by atoms with van der Waals surface area (Å²) in [4.78, 5) is 31.9. The number of carbonyl (C=O) groups excluding carboxylic acids is 2. The molecule has 3 fully saturated rings. The van der Waals surface area contributed by atoms with Crippen molar-refractivity contribution in [3.63, 3.8) is 0 Å². The first kappa shape index (κ1) is 41.2. The fourth-order valence-corrected chi connectivity index (χ4v) is 8.55. The molecule has 13 heteroatoms. The molecule has 2 aromatic heterocycles. The zero-order chi connectivity index (χ0) is 41.0. The number of carbonyl (C=O) groups is 2. The van der Waals surface area contributed by atoms with Crippen LogP contribution < -0.4 is 26.8 Å². The Kier molecular flexibility index (Phi) is 14.1. The number of hydrogen-bond acceptors (Lipinski definition) is 7. The van der Waals surface area contributed by atoms with Gasteiger partial charge in [-0.05, 0) is 106 Å². The lowest BCUT2D eigenvalue weighted by Crippen LogP contribution is -2.47. The average molecular weight is 799 g/mol. The Morgan fingerprint density at radius 2 is 1.37 bits per heavy atom. The third-order valence-corrected chi connectivity index (χ3v) is 11.9. The van der Waals surface area contributed by atoms with Gasteiger partial charge in [-0.1, -0.05) is 73.9 Å². The highest BCUT2D eigenvalue weighted by atomic mass is 16.5. The number of nitrogens with two attached hydrogens (primary N) is 2. The second-order valence-corrected chi connectivity index (χ2v) is 15.9. The van der Waals surface area contributed by atoms with Gasteiger partial charge in [-0.2, -0.15) is 10.2 Å². The number of piperidine rings is 2. The minimum atomic E-state index is -0.642. The minimum Gasteiger partial charge on any atom is -0.457 e. The van der Waals surface area contributed by atoms with E-state index < -0.39 is 6.04 Å². The smallest absolute Gasteiger partial charge is 0.245 e. The molecule has 2 aliphatic heterocycles. The summed E-state index contributed by atoms with van der Waals surface area (Å²) < 4.78 is 6.12. The summed E-state index contributed by atoms with van der Waals surface area (Å²) >= 11 is 0. The van der Waals surface area contributed by atoms with Crippen molar-refractivity contribution in [2.75, 3.05) is 32.7 Å². The third kappa shape index (κ3) is 11.0. The van der Waals surface area contributed by atoms with Crippen LogP contribution in [0.1, 0.15) is 86.6 Å². The van der Waals surface area contributed by atoms with Crippen LogP contribution >= 0.6 is 0 Å². The number of ether oxygens (including phenoxy) is 1. The van der Waals surface area contributed by atoms with Crippen molar-refractivity contribution < 1.29 is 14.3 Å². The molecule has 1 atom stereocenters. The number of nitrogens with one attached hydrogen (secondary N) is 4. The predicted octanol–water partition coefficient (Wildman–Crippen LogP) is 6.77. The number of amides is 2. The van der Waals surface area contributed by atoms with E-state index in [1.807, 2.05) is 59.5 Å². The van der Waals surface area contributed by atoms with E-state index in [1.54, 1.807) is 0 Å². The molecular weight excluding hydrogens is 741 g/mol. The van der Waals surface area contributed by atoms with Crippen LogP contribution in [0.25, 0.3) is 22.5 Å². The maximum absolute atomic E-state index is 12.9. The van der Waals surface area contributed by atoms with Crippen LogP contribution in [0.5, 0.6) is 11.5 Å². The van der Waals surface area contributed by atoms with E-state index in [1.165, 1.54) is 29.7 Å². The van der Waals surface area contributed by atoms with Gasteiger partial charge in [0.15, 0.2) is 5.96 Å². The van der Waals surface area contributed by atoms with E-state index in [2.05, 4.69) is 79.3 Å². The molecule has 1 saturated carbocycles. The summed E-state index contributed by atoms with van der Waals surface area (Å²) in [6, 6.07) is 29.6. The average Bonchev–Trinajstić information content (AvgIpc) is 3.98. The molecular formula is C46H58N10O3. The molecule has 3 aromatic carbocycles. The van der Waals surface area contributed by atoms with Gasteiger partial charge in [0.1, 0.15) is 17.5 Å². The number of benzene rings is 3. The number of likely N-dealkylation sites (tertiary alicyclic amines) is 1. The van der Waals surface area contributed by atoms with Crippen LogP contribution in [-0.2, 0) is 9.59 Å². The molecule has 0 spiro atoms. The first-order valence-corrected chi connectivity index (χ1v) is 21.2. The summed E-state index contributed by atoms with van der Waals surface area (Å²) in [5.41, 5.74) is 18.9. The number of aromatic amines is 2. The molecule has 13 nitrogen and oxygen atoms in total. The second-order valence-electron chi connectivity index (χ2n) is 15.9. The lowest BCUT2D eigenvalue weighted by Gasteiger charge is -2.32. The molecule has 310 valence electrons. The molecule has 2 amide bonds. The van der Waals surface area contributed by atoms with Crippen molar-refractivity contribution >= 4 is 17.8 Å². The van der Waals surface area contributed by atoms with Crippen LogP contribution in [0.3, 0.4) is 0 Å². The van der Waals surface area contributed by atoms with E-state index in [-0.39, 0.29) is 36.2 Å². The fourth-order valence-electron chi connectivity index (χ4n) is 8.55. The van der Waals surface area contributed by atoms with Crippen LogP contribution in [0.2, 0.25) is 0 Å². The topological polar surface area (TPSA) is 192 Å². The van der Waals surface area contributed by atoms with Crippen molar-refractivity contribution in [3.05, 3.63) is 108 Å². The molecule has 0 unspecified atom stereocenters. The summed E-state index contributed by atoms with van der Waals surface area (Å²) in [5, 5.41) is 21.7. The zero-order valence-electron chi connectivity index (χ0n) is 34.0. The van der Waals surface area contributed by atoms with E-state index >= 15 is 0 Å². The van der Waals surface area contributed by atoms with E-state index in [4.69, 9.17) is 16.2 Å². The lowest BCUT2D eigenvalue weighted by molar-refractivity contribution is -0.134. The lowest BCUT2D eigenvalue weighted by atomic mass is 9.83. The van der Waals surface area contributed by atoms with Crippen LogP contribution in [0, 0.1) is 12.8 Å². The normalized spacial score (nSPS) is 17.0. The predicted molar refractivity (Wildman–Crippen MR) is 232 cm³/mol. The quantitative estimate of drug-likeness (QED) is 0.0623. The maximum atomic E-state index is 12.9. The molecule has 8 N–H and O–H groups in total. The molecule has 0 radical (unpaired) electrons. The van der Waals surface area contributed by atoms with Gasteiger partial charge in [0, 0.05) is 47.4 Å². The van der Waals surface area contributed by atoms with Gasteiger partial charge in [-0.25, -0.2) is 4.99 Å². The number of para-hydroxylation sites is 2. The largest absolute Gasteiger partial charge is 0.457 e. The molecule has 4 heterocycles. The first-order valence-electron chi connectivity index (χ1n) is 21.2. The third-order valence-electron chi connectivity index (χ3n) is 11.9.